The summed E-state index contributed by atoms with van der Waals surface area (Å²) in [6.07, 6.45) is 6.37. The summed E-state index contributed by atoms with van der Waals surface area (Å²) in [4.78, 5) is 7.26. The van der Waals surface area contributed by atoms with Crippen molar-refractivity contribution in [3.05, 3.63) is 254 Å². The molecule has 0 aliphatic rings. The molecule has 0 fully saturated rings. The molecule has 0 saturated carbocycles. The van der Waals surface area contributed by atoms with E-state index < -0.39 is 0 Å². The van der Waals surface area contributed by atoms with Crippen LogP contribution in [0, 0.1) is 0 Å². The lowest BCUT2D eigenvalue weighted by atomic mass is 9.82. The average molecular weight is 827 g/mol. The van der Waals surface area contributed by atoms with Crippen LogP contribution in [0.4, 0.5) is 17.2 Å². The zero-order valence-corrected chi connectivity index (χ0v) is 35.6. The lowest BCUT2D eigenvalue weighted by molar-refractivity contribution is 1.18. The van der Waals surface area contributed by atoms with Crippen LogP contribution in [0.3, 0.4) is 0 Å². The molecule has 12 aromatic rings. The van der Waals surface area contributed by atoms with Gasteiger partial charge < -0.3 is 0 Å². The van der Waals surface area contributed by atoms with Crippen molar-refractivity contribution in [2.24, 2.45) is 0 Å². The largest absolute Gasteiger partial charge is 0.295 e. The summed E-state index contributed by atoms with van der Waals surface area (Å²) in [6, 6.07) is 85.5. The molecule has 0 amide bonds. The third-order valence-corrected chi connectivity index (χ3v) is 12.9. The highest BCUT2D eigenvalue weighted by atomic mass is 15.2. The summed E-state index contributed by atoms with van der Waals surface area (Å²) in [5.41, 5.74) is 11.7. The summed E-state index contributed by atoms with van der Waals surface area (Å²) < 4.78 is 0. The Morgan fingerprint density at radius 1 is 0.323 bits per heavy atom. The fraction of sp³-hybridized carbons (Fsp3) is 0. The van der Waals surface area contributed by atoms with Gasteiger partial charge in [0.05, 0.1) is 0 Å². The van der Waals surface area contributed by atoms with Crippen LogP contribution in [0.1, 0.15) is 11.1 Å². The minimum Gasteiger partial charge on any atom is -0.295 e. The van der Waals surface area contributed by atoms with Gasteiger partial charge in [-0.3, -0.25) is 4.90 Å². The van der Waals surface area contributed by atoms with E-state index in [1.54, 1.807) is 0 Å². The average Bonchev–Trinajstić information content (AvgIpc) is 3.38. The number of aromatic nitrogens is 1. The number of nitrogens with zero attached hydrogens (tertiary/aromatic N) is 2. The van der Waals surface area contributed by atoms with E-state index >= 15 is 0 Å². The first-order valence-electron chi connectivity index (χ1n) is 22.3. The quantitative estimate of drug-likeness (QED) is 0.142. The smallest absolute Gasteiger partial charge is 0.137 e. The zero-order valence-electron chi connectivity index (χ0n) is 35.6. The van der Waals surface area contributed by atoms with Crippen LogP contribution < -0.4 is 4.90 Å². The molecule has 2 nitrogen and oxygen atoms in total. The molecule has 1 heterocycles. The third-order valence-electron chi connectivity index (χ3n) is 12.9. The van der Waals surface area contributed by atoms with Gasteiger partial charge in [0.15, 0.2) is 0 Å². The van der Waals surface area contributed by atoms with E-state index in [0.717, 1.165) is 28.3 Å². The molecule has 0 unspecified atom stereocenters. The Hall–Kier alpha value is -8.59. The summed E-state index contributed by atoms with van der Waals surface area (Å²) >= 11 is 0. The van der Waals surface area contributed by atoms with Crippen LogP contribution in [0.2, 0.25) is 0 Å². The van der Waals surface area contributed by atoms with Crippen molar-refractivity contribution < 1.29 is 0 Å². The number of rotatable bonds is 8. The first-order valence-corrected chi connectivity index (χ1v) is 22.3. The molecule has 2 heteroatoms. The first kappa shape index (κ1) is 38.1. The summed E-state index contributed by atoms with van der Waals surface area (Å²) in [5, 5.41) is 12.3. The van der Waals surface area contributed by atoms with Crippen LogP contribution in [-0.4, -0.2) is 4.98 Å². The fourth-order valence-corrected chi connectivity index (χ4v) is 9.83. The Morgan fingerprint density at radius 2 is 0.892 bits per heavy atom. The molecule has 0 bridgehead atoms. The van der Waals surface area contributed by atoms with E-state index in [9.17, 15) is 0 Å². The van der Waals surface area contributed by atoms with Crippen molar-refractivity contribution in [1.82, 2.24) is 4.98 Å². The fourth-order valence-electron chi connectivity index (χ4n) is 9.83. The SMILES string of the molecule is C(=C\c1ccc(-c2c3ccccc3c(-c3cc(-c4ccccc4)cc4ccccc34)c3ccccc23)c2ccccc12)/c1ccc(N(c2ccccc2)c2ccc3ccccc3c2)nc1. The Balaban J connectivity index is 0.957. The molecule has 0 atom stereocenters. The second-order valence-electron chi connectivity index (χ2n) is 16.7. The van der Waals surface area contributed by atoms with Gasteiger partial charge in [-0.15, -0.1) is 0 Å². The van der Waals surface area contributed by atoms with Gasteiger partial charge in [0, 0.05) is 17.6 Å². The predicted molar refractivity (Wildman–Crippen MR) is 278 cm³/mol. The van der Waals surface area contributed by atoms with Gasteiger partial charge in [0.2, 0.25) is 0 Å². The topological polar surface area (TPSA) is 16.1 Å². The van der Waals surface area contributed by atoms with Crippen LogP contribution in [0.15, 0.2) is 243 Å². The van der Waals surface area contributed by atoms with E-state index in [1.165, 1.54) is 87.2 Å². The number of benzene rings is 11. The Kier molecular flexibility index (Phi) is 9.54. The van der Waals surface area contributed by atoms with Crippen molar-refractivity contribution in [1.29, 1.82) is 0 Å². The molecule has 65 heavy (non-hydrogen) atoms. The molecule has 0 aliphatic carbocycles. The molecule has 12 rings (SSSR count). The van der Waals surface area contributed by atoms with Crippen molar-refractivity contribution >= 4 is 83.2 Å². The van der Waals surface area contributed by atoms with E-state index in [1.807, 2.05) is 6.20 Å². The van der Waals surface area contributed by atoms with E-state index in [2.05, 4.69) is 254 Å². The highest BCUT2D eigenvalue weighted by molar-refractivity contribution is 6.25. The molecular weight excluding hydrogens is 785 g/mol. The molecule has 0 aliphatic heterocycles. The zero-order chi connectivity index (χ0) is 43.1. The monoisotopic (exact) mass is 826 g/mol. The van der Waals surface area contributed by atoms with Gasteiger partial charge in [0.25, 0.3) is 0 Å². The van der Waals surface area contributed by atoms with Crippen LogP contribution in [0.25, 0.3) is 99.4 Å². The van der Waals surface area contributed by atoms with Gasteiger partial charge >= 0.3 is 0 Å². The highest BCUT2D eigenvalue weighted by Crippen LogP contribution is 2.48. The van der Waals surface area contributed by atoms with Crippen LogP contribution in [-0.2, 0) is 0 Å². The number of hydrogen-bond donors (Lipinski definition) is 0. The molecule has 0 N–H and O–H groups in total. The van der Waals surface area contributed by atoms with Crippen LogP contribution >= 0.6 is 0 Å². The normalized spacial score (nSPS) is 11.6. The summed E-state index contributed by atoms with van der Waals surface area (Å²) in [5.74, 6) is 0.862. The van der Waals surface area contributed by atoms with Crippen molar-refractivity contribution in [3.63, 3.8) is 0 Å². The van der Waals surface area contributed by atoms with E-state index in [0.29, 0.717) is 0 Å². The maximum absolute atomic E-state index is 5.04. The van der Waals surface area contributed by atoms with E-state index in [-0.39, 0.29) is 0 Å². The summed E-state index contributed by atoms with van der Waals surface area (Å²) in [6.45, 7) is 0. The number of anilines is 3. The molecule has 11 aromatic carbocycles. The second kappa shape index (κ2) is 16.3. The molecule has 0 radical (unpaired) electrons. The van der Waals surface area contributed by atoms with Crippen molar-refractivity contribution in [3.8, 4) is 33.4 Å². The van der Waals surface area contributed by atoms with Gasteiger partial charge in [-0.25, -0.2) is 4.98 Å². The third kappa shape index (κ3) is 6.89. The van der Waals surface area contributed by atoms with E-state index in [4.69, 9.17) is 4.98 Å². The molecule has 1 aromatic heterocycles. The van der Waals surface area contributed by atoms with Crippen molar-refractivity contribution in [2.45, 2.75) is 0 Å². The van der Waals surface area contributed by atoms with Gasteiger partial charge in [-0.2, -0.15) is 0 Å². The predicted octanol–water partition coefficient (Wildman–Crippen LogP) is 17.5. The minimum atomic E-state index is 0.862. The number of pyridine rings is 1. The first-order chi connectivity index (χ1) is 32.2. The number of para-hydroxylation sites is 1. The maximum Gasteiger partial charge on any atom is 0.137 e. The van der Waals surface area contributed by atoms with Crippen LogP contribution in [0.5, 0.6) is 0 Å². The highest BCUT2D eigenvalue weighted by Gasteiger charge is 2.21. The molecular formula is C63H42N2. The van der Waals surface area contributed by atoms with Gasteiger partial charge in [-0.05, 0) is 147 Å². The number of hydrogen-bond acceptors (Lipinski definition) is 2. The lowest BCUT2D eigenvalue weighted by Gasteiger charge is -2.24. The number of fused-ring (bicyclic) bond motifs is 5. The van der Waals surface area contributed by atoms with Gasteiger partial charge in [-0.1, -0.05) is 200 Å². The Labute approximate surface area is 378 Å². The van der Waals surface area contributed by atoms with Gasteiger partial charge in [0.1, 0.15) is 5.82 Å². The Morgan fingerprint density at radius 3 is 1.57 bits per heavy atom. The Bertz CT molecular complexity index is 3700. The lowest BCUT2D eigenvalue weighted by Crippen LogP contribution is -2.11. The second-order valence-corrected chi connectivity index (χ2v) is 16.7. The van der Waals surface area contributed by atoms with Crippen molar-refractivity contribution in [2.75, 3.05) is 4.90 Å². The standard InChI is InChI=1S/C63H42N2/c1-3-17-44(18-4-1)49-39-48-21-9-10-25-53(48)60(41-49)63-57-29-15-13-27-55(57)62(56-28-14-16-30-58(56)63)59-37-35-46(52-24-11-12-26-54(52)59)33-31-43-32-38-61(64-42-43)65(50-22-5-2-6-23-50)51-36-34-45-19-7-8-20-47(45)40-51/h1-42H/b33-31+. The minimum absolute atomic E-state index is 0.862. The molecule has 304 valence electrons. The molecule has 0 saturated heterocycles. The summed E-state index contributed by atoms with van der Waals surface area (Å²) in [7, 11) is 0. The molecule has 0 spiro atoms. The maximum atomic E-state index is 5.04.